The molecule has 2 heterocycles. The number of hydrogen-bond acceptors (Lipinski definition) is 2. The van der Waals surface area contributed by atoms with Crippen LogP contribution in [0.4, 0.5) is 0 Å². The van der Waals surface area contributed by atoms with E-state index in [1.54, 1.807) is 4.57 Å². The summed E-state index contributed by atoms with van der Waals surface area (Å²) in [5.41, 5.74) is 1.12. The number of pyridine rings is 1. The van der Waals surface area contributed by atoms with Crippen LogP contribution in [0.3, 0.4) is 0 Å². The predicted molar refractivity (Wildman–Crippen MR) is 70.1 cm³/mol. The summed E-state index contributed by atoms with van der Waals surface area (Å²) in [7, 11) is 0. The van der Waals surface area contributed by atoms with E-state index in [0.717, 1.165) is 30.3 Å². The summed E-state index contributed by atoms with van der Waals surface area (Å²) in [4.78, 5) is 12.0. The first kappa shape index (κ1) is 12.3. The number of halogens is 2. The van der Waals surface area contributed by atoms with Gasteiger partial charge in [-0.3, -0.25) is 4.79 Å². The minimum Gasteiger partial charge on any atom is -0.379 e. The molecule has 1 unspecified atom stereocenters. The van der Waals surface area contributed by atoms with E-state index in [1.807, 2.05) is 12.3 Å². The van der Waals surface area contributed by atoms with Crippen LogP contribution in [0.2, 0.25) is 0 Å². The molecule has 0 bridgehead atoms. The van der Waals surface area contributed by atoms with E-state index in [-0.39, 0.29) is 11.6 Å². The van der Waals surface area contributed by atoms with Crippen LogP contribution in [0.1, 0.15) is 24.4 Å². The van der Waals surface area contributed by atoms with Crippen LogP contribution in [-0.2, 0) is 10.1 Å². The maximum atomic E-state index is 12.0. The van der Waals surface area contributed by atoms with Gasteiger partial charge in [0.25, 0.3) is 5.56 Å². The third-order valence-electron chi connectivity index (χ3n) is 2.74. The standard InChI is InChI=1S/C11H13Br2NO2/c12-5-8-4-10(13)11(15)14(6-8)9-2-1-3-16-7-9/h4,6,9H,1-3,5,7H2. The largest absolute Gasteiger partial charge is 0.379 e. The molecular formula is C11H13Br2NO2. The molecule has 0 aliphatic carbocycles. The molecule has 0 radical (unpaired) electrons. The molecule has 1 aromatic heterocycles. The van der Waals surface area contributed by atoms with Crippen molar-refractivity contribution in [3.8, 4) is 0 Å². The molecule has 0 amide bonds. The summed E-state index contributed by atoms with van der Waals surface area (Å²) >= 11 is 6.72. The zero-order valence-electron chi connectivity index (χ0n) is 8.79. The van der Waals surface area contributed by atoms with E-state index in [4.69, 9.17) is 4.74 Å². The molecule has 16 heavy (non-hydrogen) atoms. The van der Waals surface area contributed by atoms with Crippen LogP contribution in [0.15, 0.2) is 21.5 Å². The highest BCUT2D eigenvalue weighted by Gasteiger charge is 2.18. The van der Waals surface area contributed by atoms with Crippen LogP contribution in [0.5, 0.6) is 0 Å². The summed E-state index contributed by atoms with van der Waals surface area (Å²) in [5, 5.41) is 0.749. The van der Waals surface area contributed by atoms with Gasteiger partial charge in [0.1, 0.15) is 0 Å². The molecule has 0 N–H and O–H groups in total. The zero-order valence-corrected chi connectivity index (χ0v) is 12.0. The van der Waals surface area contributed by atoms with Gasteiger partial charge in [0.15, 0.2) is 0 Å². The van der Waals surface area contributed by atoms with Gasteiger partial charge in [-0.2, -0.15) is 0 Å². The SMILES string of the molecule is O=c1c(Br)cc(CBr)cn1C1CCCOC1. The molecule has 3 nitrogen and oxygen atoms in total. The lowest BCUT2D eigenvalue weighted by atomic mass is 10.1. The van der Waals surface area contributed by atoms with Crippen molar-refractivity contribution in [2.75, 3.05) is 13.2 Å². The molecular weight excluding hydrogens is 338 g/mol. The summed E-state index contributed by atoms with van der Waals surface area (Å²) in [5.74, 6) is 0. The lowest BCUT2D eigenvalue weighted by Gasteiger charge is -2.24. The molecule has 1 aliphatic heterocycles. The fourth-order valence-electron chi connectivity index (χ4n) is 1.91. The molecule has 1 atom stereocenters. The Morgan fingerprint density at radius 2 is 2.38 bits per heavy atom. The highest BCUT2D eigenvalue weighted by molar-refractivity contribution is 9.10. The monoisotopic (exact) mass is 349 g/mol. The number of rotatable bonds is 2. The molecule has 0 spiro atoms. The Hall–Kier alpha value is -0.130. The van der Waals surface area contributed by atoms with E-state index in [2.05, 4.69) is 31.9 Å². The van der Waals surface area contributed by atoms with Crippen LogP contribution < -0.4 is 5.56 Å². The van der Waals surface area contributed by atoms with Gasteiger partial charge in [0.2, 0.25) is 0 Å². The molecule has 1 aromatic rings. The molecule has 0 saturated carbocycles. The maximum absolute atomic E-state index is 12.0. The summed E-state index contributed by atoms with van der Waals surface area (Å²) in [6, 6.07) is 2.04. The second-order valence-corrected chi connectivity index (χ2v) is 5.33. The number of nitrogens with zero attached hydrogens (tertiary/aromatic N) is 1. The number of alkyl halides is 1. The highest BCUT2D eigenvalue weighted by atomic mass is 79.9. The normalized spacial score (nSPS) is 21.0. The second kappa shape index (κ2) is 5.47. The molecule has 1 saturated heterocycles. The average molecular weight is 351 g/mol. The molecule has 1 aliphatic rings. The fraction of sp³-hybridized carbons (Fsp3) is 0.545. The van der Waals surface area contributed by atoms with Gasteiger partial charge in [-0.05, 0) is 40.4 Å². The quantitative estimate of drug-likeness (QED) is 0.768. The summed E-state index contributed by atoms with van der Waals surface area (Å²) in [6.07, 6.45) is 3.95. The first-order chi connectivity index (χ1) is 7.72. The van der Waals surface area contributed by atoms with Gasteiger partial charge >= 0.3 is 0 Å². The predicted octanol–water partition coefficient (Wildman–Crippen LogP) is 2.86. The lowest BCUT2D eigenvalue weighted by Crippen LogP contribution is -2.30. The lowest BCUT2D eigenvalue weighted by molar-refractivity contribution is 0.0578. The smallest absolute Gasteiger partial charge is 0.265 e. The van der Waals surface area contributed by atoms with Crippen molar-refractivity contribution >= 4 is 31.9 Å². The van der Waals surface area contributed by atoms with Crippen molar-refractivity contribution in [1.29, 1.82) is 0 Å². The molecule has 2 rings (SSSR count). The van der Waals surface area contributed by atoms with Crippen LogP contribution in [0.25, 0.3) is 0 Å². The fourth-order valence-corrected chi connectivity index (χ4v) is 2.72. The van der Waals surface area contributed by atoms with Gasteiger partial charge < -0.3 is 9.30 Å². The Morgan fingerprint density at radius 1 is 1.56 bits per heavy atom. The van der Waals surface area contributed by atoms with Crippen molar-refractivity contribution in [3.63, 3.8) is 0 Å². The van der Waals surface area contributed by atoms with E-state index in [9.17, 15) is 4.79 Å². The zero-order chi connectivity index (χ0) is 11.5. The van der Waals surface area contributed by atoms with Crippen molar-refractivity contribution in [3.05, 3.63) is 32.7 Å². The Labute approximate surface area is 111 Å². The average Bonchev–Trinajstić information content (AvgIpc) is 2.33. The topological polar surface area (TPSA) is 31.2 Å². The summed E-state index contributed by atoms with van der Waals surface area (Å²) < 4.78 is 7.83. The highest BCUT2D eigenvalue weighted by Crippen LogP contribution is 2.20. The number of ether oxygens (including phenoxy) is 1. The number of hydrogen-bond donors (Lipinski definition) is 0. The maximum Gasteiger partial charge on any atom is 0.265 e. The second-order valence-electron chi connectivity index (χ2n) is 3.91. The van der Waals surface area contributed by atoms with E-state index in [0.29, 0.717) is 11.1 Å². The van der Waals surface area contributed by atoms with Gasteiger partial charge in [0, 0.05) is 18.1 Å². The van der Waals surface area contributed by atoms with Crippen molar-refractivity contribution in [1.82, 2.24) is 4.57 Å². The first-order valence-corrected chi connectivity index (χ1v) is 7.18. The molecule has 5 heteroatoms. The van der Waals surface area contributed by atoms with Crippen LogP contribution >= 0.6 is 31.9 Å². The van der Waals surface area contributed by atoms with Gasteiger partial charge in [0.05, 0.1) is 17.1 Å². The van der Waals surface area contributed by atoms with Crippen LogP contribution in [0, 0.1) is 0 Å². The minimum atomic E-state index is 0.0280. The Balaban J connectivity index is 2.37. The van der Waals surface area contributed by atoms with Gasteiger partial charge in [-0.25, -0.2) is 0 Å². The van der Waals surface area contributed by atoms with Crippen molar-refractivity contribution in [2.45, 2.75) is 24.2 Å². The third-order valence-corrected chi connectivity index (χ3v) is 3.96. The third kappa shape index (κ3) is 2.57. The number of aromatic nitrogens is 1. The van der Waals surface area contributed by atoms with Gasteiger partial charge in [-0.1, -0.05) is 15.9 Å². The van der Waals surface area contributed by atoms with Crippen LogP contribution in [-0.4, -0.2) is 17.8 Å². The molecule has 88 valence electrons. The Morgan fingerprint density at radius 3 is 3.00 bits per heavy atom. The van der Waals surface area contributed by atoms with Crippen molar-refractivity contribution < 1.29 is 4.74 Å². The first-order valence-electron chi connectivity index (χ1n) is 5.26. The van der Waals surface area contributed by atoms with E-state index >= 15 is 0 Å². The minimum absolute atomic E-state index is 0.0280. The van der Waals surface area contributed by atoms with E-state index in [1.165, 1.54) is 0 Å². The molecule has 0 aromatic carbocycles. The van der Waals surface area contributed by atoms with E-state index < -0.39 is 0 Å². The molecule has 1 fully saturated rings. The Bertz CT molecular complexity index is 424. The summed E-state index contributed by atoms with van der Waals surface area (Å²) in [6.45, 7) is 1.45. The van der Waals surface area contributed by atoms with Crippen molar-refractivity contribution in [2.24, 2.45) is 0 Å². The van der Waals surface area contributed by atoms with Gasteiger partial charge in [-0.15, -0.1) is 0 Å². The Kier molecular flexibility index (Phi) is 4.21.